The summed E-state index contributed by atoms with van der Waals surface area (Å²) in [6, 6.07) is 3.95. The lowest BCUT2D eigenvalue weighted by molar-refractivity contribution is -0.132. The number of sulfonamides is 1. The standard InChI is InChI=1S/C14H15FN2O3S/c1-14(2)13(18)17(21(14,19)20)9-11-6-10(4-3-5-16)7-12(15)8-11/h6-8H,5,9,16H2,1-2H3. The van der Waals surface area contributed by atoms with Gasteiger partial charge in [0.2, 0.25) is 0 Å². The molecule has 1 fully saturated rings. The molecule has 1 aliphatic rings. The number of nitrogens with zero attached hydrogens (tertiary/aromatic N) is 1. The Labute approximate surface area is 123 Å². The van der Waals surface area contributed by atoms with Crippen LogP contribution in [0.4, 0.5) is 4.39 Å². The van der Waals surface area contributed by atoms with Gasteiger partial charge in [0.1, 0.15) is 5.82 Å². The zero-order valence-corrected chi connectivity index (χ0v) is 12.5. The first-order valence-electron chi connectivity index (χ1n) is 6.25. The number of carbonyl (C=O) groups excluding carboxylic acids is 1. The summed E-state index contributed by atoms with van der Waals surface area (Å²) in [7, 11) is -3.69. The molecular formula is C14H15FN2O3S. The van der Waals surface area contributed by atoms with E-state index in [1.54, 1.807) is 6.07 Å². The molecule has 0 bridgehead atoms. The Bertz CT molecular complexity index is 760. The molecule has 0 aromatic heterocycles. The summed E-state index contributed by atoms with van der Waals surface area (Å²) in [5.74, 6) is 4.22. The quantitative estimate of drug-likeness (QED) is 0.811. The number of halogens is 1. The zero-order chi connectivity index (χ0) is 15.8. The van der Waals surface area contributed by atoms with Gasteiger partial charge in [0.25, 0.3) is 15.9 Å². The van der Waals surface area contributed by atoms with Crippen molar-refractivity contribution in [1.29, 1.82) is 0 Å². The maximum atomic E-state index is 13.5. The van der Waals surface area contributed by atoms with E-state index in [4.69, 9.17) is 5.73 Å². The first kappa shape index (κ1) is 15.5. The molecule has 0 spiro atoms. The Balaban J connectivity index is 2.30. The average molecular weight is 310 g/mol. The van der Waals surface area contributed by atoms with Crippen molar-refractivity contribution in [2.24, 2.45) is 5.73 Å². The lowest BCUT2D eigenvalue weighted by Crippen LogP contribution is -2.66. The Morgan fingerprint density at radius 2 is 2.00 bits per heavy atom. The molecule has 0 aliphatic carbocycles. The third-order valence-corrected chi connectivity index (χ3v) is 5.63. The Hall–Kier alpha value is -1.91. The van der Waals surface area contributed by atoms with Crippen LogP contribution in [0.1, 0.15) is 25.0 Å². The second-order valence-electron chi connectivity index (χ2n) is 5.18. The fraction of sp³-hybridized carbons (Fsp3) is 0.357. The van der Waals surface area contributed by atoms with Crippen LogP contribution >= 0.6 is 0 Å². The maximum absolute atomic E-state index is 13.5. The van der Waals surface area contributed by atoms with Gasteiger partial charge in [-0.25, -0.2) is 17.1 Å². The molecule has 1 aromatic rings. The number of rotatable bonds is 2. The van der Waals surface area contributed by atoms with Crippen LogP contribution in [-0.4, -0.2) is 29.9 Å². The minimum Gasteiger partial charge on any atom is -0.320 e. The summed E-state index contributed by atoms with van der Waals surface area (Å²) in [6.07, 6.45) is 0. The first-order chi connectivity index (χ1) is 9.70. The van der Waals surface area contributed by atoms with Crippen molar-refractivity contribution in [1.82, 2.24) is 4.31 Å². The summed E-state index contributed by atoms with van der Waals surface area (Å²) in [5.41, 5.74) is 6.00. The Kier molecular flexibility index (Phi) is 3.78. The van der Waals surface area contributed by atoms with Crippen molar-refractivity contribution in [3.63, 3.8) is 0 Å². The molecular weight excluding hydrogens is 295 g/mol. The highest BCUT2D eigenvalue weighted by atomic mass is 32.2. The molecule has 0 radical (unpaired) electrons. The minimum absolute atomic E-state index is 0.138. The van der Waals surface area contributed by atoms with Crippen molar-refractivity contribution in [2.45, 2.75) is 25.1 Å². The third-order valence-electron chi connectivity index (χ3n) is 3.30. The monoisotopic (exact) mass is 310 g/mol. The van der Waals surface area contributed by atoms with E-state index in [0.29, 0.717) is 11.1 Å². The maximum Gasteiger partial charge on any atom is 0.259 e. The van der Waals surface area contributed by atoms with E-state index in [2.05, 4.69) is 11.8 Å². The van der Waals surface area contributed by atoms with Gasteiger partial charge in [-0.05, 0) is 37.6 Å². The number of benzene rings is 1. The summed E-state index contributed by atoms with van der Waals surface area (Å²) in [6.45, 7) is 2.65. The van der Waals surface area contributed by atoms with Crippen molar-refractivity contribution in [3.8, 4) is 11.8 Å². The second kappa shape index (κ2) is 5.13. The lowest BCUT2D eigenvalue weighted by atomic mass is 10.1. The molecule has 7 heteroatoms. The predicted octanol–water partition coefficient (Wildman–Crippen LogP) is 0.587. The molecule has 0 atom stereocenters. The van der Waals surface area contributed by atoms with Gasteiger partial charge in [0, 0.05) is 5.56 Å². The lowest BCUT2D eigenvalue weighted by Gasteiger charge is -2.43. The normalized spacial score (nSPS) is 18.7. The van der Waals surface area contributed by atoms with Crippen molar-refractivity contribution < 1.29 is 17.6 Å². The van der Waals surface area contributed by atoms with Gasteiger partial charge in [0.05, 0.1) is 13.1 Å². The Morgan fingerprint density at radius 3 is 2.57 bits per heavy atom. The highest BCUT2D eigenvalue weighted by Crippen LogP contribution is 2.36. The van der Waals surface area contributed by atoms with Gasteiger partial charge in [-0.3, -0.25) is 4.79 Å². The molecule has 2 rings (SSSR count). The van der Waals surface area contributed by atoms with Crippen molar-refractivity contribution in [2.75, 3.05) is 6.54 Å². The zero-order valence-electron chi connectivity index (χ0n) is 11.7. The second-order valence-corrected chi connectivity index (χ2v) is 7.59. The van der Waals surface area contributed by atoms with Crippen LogP contribution in [0.3, 0.4) is 0 Å². The van der Waals surface area contributed by atoms with Crippen LogP contribution in [0.15, 0.2) is 18.2 Å². The molecule has 0 unspecified atom stereocenters. The van der Waals surface area contributed by atoms with Gasteiger partial charge in [-0.1, -0.05) is 11.8 Å². The number of hydrogen-bond acceptors (Lipinski definition) is 4. The fourth-order valence-corrected chi connectivity index (χ4v) is 3.56. The summed E-state index contributed by atoms with van der Waals surface area (Å²) in [4.78, 5) is 11.9. The summed E-state index contributed by atoms with van der Waals surface area (Å²) < 4.78 is 36.8. The van der Waals surface area contributed by atoms with Crippen molar-refractivity contribution in [3.05, 3.63) is 35.1 Å². The molecule has 1 aromatic carbocycles. The molecule has 1 heterocycles. The molecule has 0 saturated carbocycles. The van der Waals surface area contributed by atoms with E-state index in [0.717, 1.165) is 4.31 Å². The molecule has 1 aliphatic heterocycles. The highest BCUT2D eigenvalue weighted by molar-refractivity contribution is 7.94. The highest BCUT2D eigenvalue weighted by Gasteiger charge is 2.59. The molecule has 5 nitrogen and oxygen atoms in total. The van der Waals surface area contributed by atoms with Gasteiger partial charge in [0.15, 0.2) is 4.75 Å². The van der Waals surface area contributed by atoms with Crippen LogP contribution in [-0.2, 0) is 21.4 Å². The van der Waals surface area contributed by atoms with Crippen LogP contribution in [0.5, 0.6) is 0 Å². The van der Waals surface area contributed by atoms with Gasteiger partial charge >= 0.3 is 0 Å². The SMILES string of the molecule is CC1(C)C(=O)N(Cc2cc(F)cc(C#CCN)c2)S1(=O)=O. The van der Waals surface area contributed by atoms with E-state index in [9.17, 15) is 17.6 Å². The fourth-order valence-electron chi connectivity index (χ4n) is 2.05. The largest absolute Gasteiger partial charge is 0.320 e. The Morgan fingerprint density at radius 1 is 1.33 bits per heavy atom. The summed E-state index contributed by atoms with van der Waals surface area (Å²) >= 11 is 0. The van der Waals surface area contributed by atoms with Crippen LogP contribution in [0.2, 0.25) is 0 Å². The number of amides is 1. The smallest absolute Gasteiger partial charge is 0.259 e. The molecule has 1 saturated heterocycles. The number of nitrogens with two attached hydrogens (primary N) is 1. The van der Waals surface area contributed by atoms with Crippen LogP contribution < -0.4 is 5.73 Å². The van der Waals surface area contributed by atoms with E-state index >= 15 is 0 Å². The minimum atomic E-state index is -3.69. The average Bonchev–Trinajstić information content (AvgIpc) is 2.41. The van der Waals surface area contributed by atoms with E-state index in [1.807, 2.05) is 0 Å². The van der Waals surface area contributed by atoms with Gasteiger partial charge in [-0.15, -0.1) is 0 Å². The number of hydrogen-bond donors (Lipinski definition) is 1. The topological polar surface area (TPSA) is 80.5 Å². The van der Waals surface area contributed by atoms with Crippen LogP contribution in [0.25, 0.3) is 0 Å². The van der Waals surface area contributed by atoms with Gasteiger partial charge in [-0.2, -0.15) is 0 Å². The van der Waals surface area contributed by atoms with E-state index < -0.39 is 26.5 Å². The third kappa shape index (κ3) is 2.52. The predicted molar refractivity (Wildman–Crippen MR) is 75.9 cm³/mol. The van der Waals surface area contributed by atoms with E-state index in [-0.39, 0.29) is 13.1 Å². The first-order valence-corrected chi connectivity index (χ1v) is 7.69. The molecule has 112 valence electrons. The van der Waals surface area contributed by atoms with Gasteiger partial charge < -0.3 is 5.73 Å². The van der Waals surface area contributed by atoms with Crippen molar-refractivity contribution >= 4 is 15.9 Å². The van der Waals surface area contributed by atoms with E-state index in [1.165, 1.54) is 26.0 Å². The number of carbonyl (C=O) groups is 1. The van der Waals surface area contributed by atoms with Crippen LogP contribution in [0, 0.1) is 17.7 Å². The molecule has 1 amide bonds. The summed E-state index contributed by atoms with van der Waals surface area (Å²) in [5, 5.41) is 0. The molecule has 2 N–H and O–H groups in total. The molecule has 21 heavy (non-hydrogen) atoms.